The molecular weight excluding hydrogens is 342 g/mol. The van der Waals surface area contributed by atoms with Gasteiger partial charge in [-0.3, -0.25) is 4.79 Å². The molecule has 0 heterocycles. The molecule has 0 amide bonds. The number of hydrogen-bond acceptors (Lipinski definition) is 4. The number of ether oxygens (including phenoxy) is 2. The zero-order valence-electron chi connectivity index (χ0n) is 18.5. The van der Waals surface area contributed by atoms with Crippen molar-refractivity contribution in [1.82, 2.24) is 0 Å². The van der Waals surface area contributed by atoms with Crippen molar-refractivity contribution in [2.75, 3.05) is 33.8 Å². The van der Waals surface area contributed by atoms with Crippen LogP contribution >= 0.6 is 0 Å². The van der Waals surface area contributed by atoms with Crippen molar-refractivity contribution < 1.29 is 23.5 Å². The standard InChI is InChI=1S/C22H40NO4/c1-16(2)10-13-26-20(25)15-23(6,7)12-9-19(24)27-18-14-17-8-11-22(18,5)21(17,3)4/h16-18H,8-15H2,1-7H3/q+1/t17-,18-,22-/m0/s1. The first-order valence-electron chi connectivity index (χ1n) is 10.5. The summed E-state index contributed by atoms with van der Waals surface area (Å²) in [5.74, 6) is 0.848. The van der Waals surface area contributed by atoms with Gasteiger partial charge in [-0.1, -0.05) is 34.6 Å². The van der Waals surface area contributed by atoms with Gasteiger partial charge in [0.15, 0.2) is 6.54 Å². The molecule has 0 unspecified atom stereocenters. The summed E-state index contributed by atoms with van der Waals surface area (Å²) in [4.78, 5) is 24.5. The normalized spacial score (nSPS) is 29.2. The molecule has 2 aliphatic carbocycles. The van der Waals surface area contributed by atoms with E-state index in [1.165, 1.54) is 6.42 Å². The SMILES string of the molecule is CC(C)CCOC(=O)C[N+](C)(C)CCC(=O)O[C@H]1C[C@@H]2CC[C@]1(C)C2(C)C. The van der Waals surface area contributed by atoms with Crippen molar-refractivity contribution >= 4 is 11.9 Å². The third-order valence-corrected chi connectivity index (χ3v) is 7.42. The van der Waals surface area contributed by atoms with Gasteiger partial charge in [-0.05, 0) is 42.9 Å². The highest BCUT2D eigenvalue weighted by Crippen LogP contribution is 2.66. The minimum absolute atomic E-state index is 0.0374. The van der Waals surface area contributed by atoms with Gasteiger partial charge in [0.1, 0.15) is 6.10 Å². The van der Waals surface area contributed by atoms with E-state index in [1.807, 2.05) is 14.1 Å². The highest BCUT2D eigenvalue weighted by atomic mass is 16.5. The van der Waals surface area contributed by atoms with Gasteiger partial charge in [0.25, 0.3) is 0 Å². The lowest BCUT2D eigenvalue weighted by Gasteiger charge is -2.38. The first-order chi connectivity index (χ1) is 12.4. The minimum Gasteiger partial charge on any atom is -0.462 e. The lowest BCUT2D eigenvalue weighted by atomic mass is 9.70. The Labute approximate surface area is 165 Å². The Bertz CT molecular complexity index is 555. The number of nitrogens with zero attached hydrogens (tertiary/aromatic N) is 1. The van der Waals surface area contributed by atoms with Crippen molar-refractivity contribution in [2.45, 2.75) is 72.8 Å². The fourth-order valence-corrected chi connectivity index (χ4v) is 4.80. The van der Waals surface area contributed by atoms with E-state index in [0.717, 1.165) is 19.3 Å². The Morgan fingerprint density at radius 2 is 1.81 bits per heavy atom. The topological polar surface area (TPSA) is 52.6 Å². The van der Waals surface area contributed by atoms with Crippen LogP contribution in [0.4, 0.5) is 0 Å². The van der Waals surface area contributed by atoms with E-state index in [0.29, 0.717) is 35.9 Å². The molecule has 0 N–H and O–H groups in total. The zero-order valence-corrected chi connectivity index (χ0v) is 18.5. The molecule has 0 aliphatic heterocycles. The van der Waals surface area contributed by atoms with Crippen LogP contribution in [-0.4, -0.2) is 56.3 Å². The zero-order chi connectivity index (χ0) is 20.5. The molecule has 5 heteroatoms. The molecule has 0 aromatic rings. The fraction of sp³-hybridized carbons (Fsp3) is 0.909. The second-order valence-corrected chi connectivity index (χ2v) is 10.6. The van der Waals surface area contributed by atoms with Gasteiger partial charge in [0.2, 0.25) is 0 Å². The summed E-state index contributed by atoms with van der Waals surface area (Å²) in [5.41, 5.74) is 0.338. The Kier molecular flexibility index (Phi) is 6.66. The van der Waals surface area contributed by atoms with Crippen molar-refractivity contribution in [2.24, 2.45) is 22.7 Å². The van der Waals surface area contributed by atoms with E-state index in [9.17, 15) is 9.59 Å². The molecule has 2 saturated carbocycles. The van der Waals surface area contributed by atoms with Crippen LogP contribution in [0.3, 0.4) is 0 Å². The molecule has 0 spiro atoms. The van der Waals surface area contributed by atoms with Gasteiger partial charge in [-0.25, -0.2) is 4.79 Å². The quantitative estimate of drug-likeness (QED) is 0.450. The summed E-state index contributed by atoms with van der Waals surface area (Å²) in [7, 11) is 3.91. The van der Waals surface area contributed by atoms with Gasteiger partial charge in [0, 0.05) is 5.41 Å². The molecular formula is C22H40NO4+. The van der Waals surface area contributed by atoms with Gasteiger partial charge >= 0.3 is 11.9 Å². The third-order valence-electron chi connectivity index (χ3n) is 7.42. The number of carbonyl (C=O) groups excluding carboxylic acids is 2. The molecule has 156 valence electrons. The van der Waals surface area contributed by atoms with Gasteiger partial charge in [0.05, 0.1) is 33.7 Å². The summed E-state index contributed by atoms with van der Waals surface area (Å²) in [6.45, 7) is 12.5. The lowest BCUT2D eigenvalue weighted by molar-refractivity contribution is -0.882. The highest BCUT2D eigenvalue weighted by Gasteiger charge is 2.62. The molecule has 2 aliphatic rings. The number of likely N-dealkylation sites (N-methyl/N-ethyl adjacent to an activating group) is 1. The fourth-order valence-electron chi connectivity index (χ4n) is 4.80. The van der Waals surface area contributed by atoms with E-state index in [4.69, 9.17) is 9.47 Å². The average Bonchev–Trinajstić information content (AvgIpc) is 2.85. The van der Waals surface area contributed by atoms with E-state index in [-0.39, 0.29) is 35.4 Å². The van der Waals surface area contributed by atoms with E-state index >= 15 is 0 Å². The van der Waals surface area contributed by atoms with Crippen LogP contribution in [0.5, 0.6) is 0 Å². The van der Waals surface area contributed by atoms with Gasteiger partial charge in [-0.15, -0.1) is 0 Å². The minimum atomic E-state index is -0.198. The molecule has 5 nitrogen and oxygen atoms in total. The largest absolute Gasteiger partial charge is 0.462 e. The predicted octanol–water partition coefficient (Wildman–Crippen LogP) is 3.80. The number of carbonyl (C=O) groups is 2. The molecule has 27 heavy (non-hydrogen) atoms. The van der Waals surface area contributed by atoms with Crippen molar-refractivity contribution in [3.8, 4) is 0 Å². The van der Waals surface area contributed by atoms with Crippen LogP contribution in [0.25, 0.3) is 0 Å². The number of hydrogen-bond donors (Lipinski definition) is 0. The summed E-state index contributed by atoms with van der Waals surface area (Å²) in [6.07, 6.45) is 4.64. The van der Waals surface area contributed by atoms with E-state index < -0.39 is 0 Å². The van der Waals surface area contributed by atoms with Crippen LogP contribution in [0.15, 0.2) is 0 Å². The lowest BCUT2D eigenvalue weighted by Crippen LogP contribution is -2.46. The Hall–Kier alpha value is -1.10. The smallest absolute Gasteiger partial charge is 0.361 e. The van der Waals surface area contributed by atoms with E-state index in [1.54, 1.807) is 0 Å². The predicted molar refractivity (Wildman–Crippen MR) is 106 cm³/mol. The van der Waals surface area contributed by atoms with Crippen molar-refractivity contribution in [3.63, 3.8) is 0 Å². The molecule has 2 bridgehead atoms. The van der Waals surface area contributed by atoms with Crippen molar-refractivity contribution in [3.05, 3.63) is 0 Å². The molecule has 2 fully saturated rings. The molecule has 3 atom stereocenters. The molecule has 0 aromatic heterocycles. The monoisotopic (exact) mass is 382 g/mol. The molecule has 2 rings (SSSR count). The van der Waals surface area contributed by atoms with Crippen LogP contribution in [0, 0.1) is 22.7 Å². The van der Waals surface area contributed by atoms with Crippen LogP contribution in [0.2, 0.25) is 0 Å². The number of rotatable bonds is 9. The molecule has 0 saturated heterocycles. The Morgan fingerprint density at radius 1 is 1.15 bits per heavy atom. The Morgan fingerprint density at radius 3 is 2.33 bits per heavy atom. The van der Waals surface area contributed by atoms with Crippen molar-refractivity contribution in [1.29, 1.82) is 0 Å². The molecule has 0 aromatic carbocycles. The van der Waals surface area contributed by atoms with Gasteiger partial charge in [-0.2, -0.15) is 0 Å². The third kappa shape index (κ3) is 5.04. The maximum absolute atomic E-state index is 12.5. The van der Waals surface area contributed by atoms with Gasteiger partial charge < -0.3 is 14.0 Å². The highest BCUT2D eigenvalue weighted by molar-refractivity contribution is 5.71. The average molecular weight is 383 g/mol. The van der Waals surface area contributed by atoms with Crippen LogP contribution < -0.4 is 0 Å². The maximum atomic E-state index is 12.5. The summed E-state index contributed by atoms with van der Waals surface area (Å²) < 4.78 is 11.6. The second kappa shape index (κ2) is 8.10. The summed E-state index contributed by atoms with van der Waals surface area (Å²) in [6, 6.07) is 0. The number of esters is 2. The first kappa shape index (κ1) is 22.2. The second-order valence-electron chi connectivity index (χ2n) is 10.6. The first-order valence-corrected chi connectivity index (χ1v) is 10.5. The van der Waals surface area contributed by atoms with E-state index in [2.05, 4.69) is 34.6 Å². The maximum Gasteiger partial charge on any atom is 0.361 e. The Balaban J connectivity index is 1.75. The molecule has 0 radical (unpaired) electrons. The number of quaternary nitrogens is 1. The van der Waals surface area contributed by atoms with Crippen LogP contribution in [-0.2, 0) is 19.1 Å². The van der Waals surface area contributed by atoms with Crippen LogP contribution in [0.1, 0.15) is 66.7 Å². The summed E-state index contributed by atoms with van der Waals surface area (Å²) >= 11 is 0. The number of fused-ring (bicyclic) bond motifs is 2. The summed E-state index contributed by atoms with van der Waals surface area (Å²) in [5, 5.41) is 0.